The Balaban J connectivity index is 2.38. The zero-order valence-corrected chi connectivity index (χ0v) is 12.7. The standard InChI is InChI=1S/C13H28N2O2S/c1-4-12-6-5-8-14-13(12)10-15-18(16,17)9-7-11(2)3/h11-15H,4-10H2,1-3H3. The Labute approximate surface area is 112 Å². The van der Waals surface area contributed by atoms with Crippen LogP contribution < -0.4 is 10.0 Å². The molecule has 0 radical (unpaired) electrons. The second-order valence-corrected chi connectivity index (χ2v) is 7.65. The third-order valence-corrected chi connectivity index (χ3v) is 5.12. The molecule has 0 amide bonds. The van der Waals surface area contributed by atoms with Gasteiger partial charge in [0.1, 0.15) is 0 Å². The van der Waals surface area contributed by atoms with E-state index in [-0.39, 0.29) is 5.75 Å². The molecule has 0 saturated carbocycles. The van der Waals surface area contributed by atoms with Crippen LogP contribution in [0.25, 0.3) is 0 Å². The van der Waals surface area contributed by atoms with E-state index in [1.165, 1.54) is 12.8 Å². The molecule has 1 rings (SSSR count). The first kappa shape index (κ1) is 15.9. The lowest BCUT2D eigenvalue weighted by molar-refractivity contribution is 0.273. The Morgan fingerprint density at radius 2 is 2.11 bits per heavy atom. The van der Waals surface area contributed by atoms with Gasteiger partial charge in [-0.15, -0.1) is 0 Å². The molecule has 108 valence electrons. The highest BCUT2D eigenvalue weighted by Crippen LogP contribution is 2.19. The van der Waals surface area contributed by atoms with E-state index in [4.69, 9.17) is 0 Å². The molecule has 1 aliphatic rings. The number of piperidine rings is 1. The van der Waals surface area contributed by atoms with E-state index in [9.17, 15) is 8.42 Å². The van der Waals surface area contributed by atoms with E-state index in [1.807, 2.05) is 13.8 Å². The molecule has 2 N–H and O–H groups in total. The summed E-state index contributed by atoms with van der Waals surface area (Å²) >= 11 is 0. The zero-order chi connectivity index (χ0) is 13.6. The number of rotatable bonds is 7. The first-order valence-electron chi connectivity index (χ1n) is 7.15. The van der Waals surface area contributed by atoms with Crippen molar-refractivity contribution >= 4 is 10.0 Å². The second-order valence-electron chi connectivity index (χ2n) is 5.72. The average Bonchev–Trinajstić information content (AvgIpc) is 2.34. The zero-order valence-electron chi connectivity index (χ0n) is 11.9. The van der Waals surface area contributed by atoms with Crippen LogP contribution in [-0.2, 0) is 10.0 Å². The van der Waals surface area contributed by atoms with Crippen molar-refractivity contribution in [2.45, 2.75) is 52.5 Å². The molecule has 1 saturated heterocycles. The lowest BCUT2D eigenvalue weighted by Gasteiger charge is -2.32. The maximum absolute atomic E-state index is 11.8. The van der Waals surface area contributed by atoms with Gasteiger partial charge in [0.25, 0.3) is 0 Å². The van der Waals surface area contributed by atoms with Crippen LogP contribution in [-0.4, -0.2) is 33.3 Å². The highest BCUT2D eigenvalue weighted by molar-refractivity contribution is 7.89. The SMILES string of the molecule is CCC1CCCNC1CNS(=O)(=O)CCC(C)C. The number of hydrogen-bond acceptors (Lipinski definition) is 3. The maximum Gasteiger partial charge on any atom is 0.211 e. The predicted octanol–water partition coefficient (Wildman–Crippen LogP) is 1.73. The first-order valence-corrected chi connectivity index (χ1v) is 8.80. The van der Waals surface area contributed by atoms with Crippen molar-refractivity contribution in [3.05, 3.63) is 0 Å². The molecular weight excluding hydrogens is 248 g/mol. The minimum atomic E-state index is -3.10. The summed E-state index contributed by atoms with van der Waals surface area (Å²) in [6.45, 7) is 7.82. The molecule has 2 unspecified atom stereocenters. The highest BCUT2D eigenvalue weighted by Gasteiger charge is 2.24. The molecule has 0 aliphatic carbocycles. The molecule has 1 aliphatic heterocycles. The average molecular weight is 276 g/mol. The number of hydrogen-bond donors (Lipinski definition) is 2. The topological polar surface area (TPSA) is 58.2 Å². The normalized spacial score (nSPS) is 25.6. The largest absolute Gasteiger partial charge is 0.312 e. The van der Waals surface area contributed by atoms with Crippen LogP contribution in [0.4, 0.5) is 0 Å². The van der Waals surface area contributed by atoms with Gasteiger partial charge in [0, 0.05) is 12.6 Å². The summed E-state index contributed by atoms with van der Waals surface area (Å²) in [6, 6.07) is 0.303. The van der Waals surface area contributed by atoms with Crippen LogP contribution in [0.5, 0.6) is 0 Å². The van der Waals surface area contributed by atoms with E-state index in [0.717, 1.165) is 19.4 Å². The predicted molar refractivity (Wildman–Crippen MR) is 76.1 cm³/mol. The monoisotopic (exact) mass is 276 g/mol. The van der Waals surface area contributed by atoms with Gasteiger partial charge >= 0.3 is 0 Å². The van der Waals surface area contributed by atoms with Gasteiger partial charge in [-0.1, -0.05) is 27.2 Å². The summed E-state index contributed by atoms with van der Waals surface area (Å²) in [5, 5.41) is 3.43. The molecule has 5 heteroatoms. The van der Waals surface area contributed by atoms with Gasteiger partial charge in [-0.25, -0.2) is 13.1 Å². The number of sulfonamides is 1. The molecular formula is C13H28N2O2S. The lowest BCUT2D eigenvalue weighted by atomic mass is 9.89. The number of nitrogens with one attached hydrogen (secondary N) is 2. The Morgan fingerprint density at radius 1 is 1.39 bits per heavy atom. The first-order chi connectivity index (χ1) is 8.44. The van der Waals surface area contributed by atoms with Gasteiger partial charge in [-0.3, -0.25) is 0 Å². The molecule has 1 heterocycles. The van der Waals surface area contributed by atoms with E-state index in [0.29, 0.717) is 24.4 Å². The van der Waals surface area contributed by atoms with Gasteiger partial charge in [-0.2, -0.15) is 0 Å². The molecule has 4 nitrogen and oxygen atoms in total. The quantitative estimate of drug-likeness (QED) is 0.744. The van der Waals surface area contributed by atoms with Crippen LogP contribution in [0.3, 0.4) is 0 Å². The fourth-order valence-corrected chi connectivity index (χ4v) is 3.79. The highest BCUT2D eigenvalue weighted by atomic mass is 32.2. The van der Waals surface area contributed by atoms with Crippen molar-refractivity contribution in [2.75, 3.05) is 18.8 Å². The van der Waals surface area contributed by atoms with Gasteiger partial charge in [0.05, 0.1) is 5.75 Å². The molecule has 18 heavy (non-hydrogen) atoms. The molecule has 0 bridgehead atoms. The minimum Gasteiger partial charge on any atom is -0.312 e. The van der Waals surface area contributed by atoms with Crippen LogP contribution in [0, 0.1) is 11.8 Å². The summed E-state index contributed by atoms with van der Waals surface area (Å²) in [5.74, 6) is 1.28. The molecule has 0 aromatic heterocycles. The van der Waals surface area contributed by atoms with Crippen molar-refractivity contribution in [2.24, 2.45) is 11.8 Å². The fraction of sp³-hybridized carbons (Fsp3) is 1.00. The van der Waals surface area contributed by atoms with Crippen molar-refractivity contribution < 1.29 is 8.42 Å². The molecule has 1 fully saturated rings. The van der Waals surface area contributed by atoms with E-state index < -0.39 is 10.0 Å². The molecule has 2 atom stereocenters. The van der Waals surface area contributed by atoms with Crippen LogP contribution >= 0.6 is 0 Å². The van der Waals surface area contributed by atoms with Gasteiger partial charge in [0.15, 0.2) is 0 Å². The van der Waals surface area contributed by atoms with Crippen molar-refractivity contribution in [3.63, 3.8) is 0 Å². The Morgan fingerprint density at radius 3 is 2.72 bits per heavy atom. The minimum absolute atomic E-state index is 0.244. The third kappa shape index (κ3) is 5.67. The summed E-state index contributed by atoms with van der Waals surface area (Å²) in [7, 11) is -3.10. The summed E-state index contributed by atoms with van der Waals surface area (Å²) in [6.07, 6.45) is 4.26. The van der Waals surface area contributed by atoms with E-state index in [2.05, 4.69) is 17.0 Å². The van der Waals surface area contributed by atoms with Crippen LogP contribution in [0.2, 0.25) is 0 Å². The van der Waals surface area contributed by atoms with Crippen molar-refractivity contribution in [1.29, 1.82) is 0 Å². The summed E-state index contributed by atoms with van der Waals surface area (Å²) in [4.78, 5) is 0. The Kier molecular flexibility index (Phi) is 6.60. The third-order valence-electron chi connectivity index (χ3n) is 3.74. The lowest BCUT2D eigenvalue weighted by Crippen LogP contribution is -2.48. The molecule has 0 aromatic carbocycles. The summed E-state index contributed by atoms with van der Waals surface area (Å²) < 4.78 is 26.4. The van der Waals surface area contributed by atoms with Crippen LogP contribution in [0.15, 0.2) is 0 Å². The van der Waals surface area contributed by atoms with Gasteiger partial charge in [-0.05, 0) is 37.6 Å². The Hall–Kier alpha value is -0.130. The van der Waals surface area contributed by atoms with Crippen LogP contribution in [0.1, 0.15) is 46.5 Å². The van der Waals surface area contributed by atoms with Crippen molar-refractivity contribution in [3.8, 4) is 0 Å². The van der Waals surface area contributed by atoms with Gasteiger partial charge < -0.3 is 5.32 Å². The summed E-state index contributed by atoms with van der Waals surface area (Å²) in [5.41, 5.74) is 0. The maximum atomic E-state index is 11.8. The van der Waals surface area contributed by atoms with E-state index in [1.54, 1.807) is 0 Å². The Bertz CT molecular complexity index is 328. The van der Waals surface area contributed by atoms with Gasteiger partial charge in [0.2, 0.25) is 10.0 Å². The second kappa shape index (κ2) is 7.46. The smallest absolute Gasteiger partial charge is 0.211 e. The molecule has 0 aromatic rings. The fourth-order valence-electron chi connectivity index (χ4n) is 2.43. The van der Waals surface area contributed by atoms with E-state index >= 15 is 0 Å². The molecule has 0 spiro atoms. The van der Waals surface area contributed by atoms with Crippen molar-refractivity contribution in [1.82, 2.24) is 10.0 Å².